The Bertz CT molecular complexity index is 1290. The lowest BCUT2D eigenvalue weighted by atomic mass is 10.1. The summed E-state index contributed by atoms with van der Waals surface area (Å²) in [6, 6.07) is 19.2. The fraction of sp³-hybridized carbons (Fsp3) is 0.200. The zero-order valence-corrected chi connectivity index (χ0v) is 18.2. The third kappa shape index (κ3) is 4.85. The number of hydrogen-bond acceptors (Lipinski definition) is 4. The van der Waals surface area contributed by atoms with E-state index in [1.54, 1.807) is 27.8 Å². The van der Waals surface area contributed by atoms with E-state index in [-0.39, 0.29) is 23.4 Å². The minimum absolute atomic E-state index is 0.0424. The van der Waals surface area contributed by atoms with Crippen molar-refractivity contribution in [1.82, 2.24) is 19.6 Å². The molecular formula is C25H24N6O2. The van der Waals surface area contributed by atoms with Gasteiger partial charge in [0, 0.05) is 18.2 Å². The second-order valence-corrected chi connectivity index (χ2v) is 8.29. The number of hydrogen-bond donors (Lipinski definition) is 2. The molecule has 0 atom stereocenters. The van der Waals surface area contributed by atoms with Gasteiger partial charge in [-0.2, -0.15) is 10.2 Å². The average Bonchev–Trinajstić information content (AvgIpc) is 3.46. The number of aromatic nitrogens is 4. The molecule has 0 unspecified atom stereocenters. The molecular weight excluding hydrogens is 416 g/mol. The van der Waals surface area contributed by atoms with Crippen LogP contribution in [0.5, 0.6) is 0 Å². The van der Waals surface area contributed by atoms with Gasteiger partial charge in [-0.25, -0.2) is 4.68 Å². The molecule has 1 fully saturated rings. The third-order valence-corrected chi connectivity index (χ3v) is 5.50. The number of rotatable bonds is 7. The molecule has 2 heterocycles. The Morgan fingerprint density at radius 2 is 1.79 bits per heavy atom. The maximum atomic E-state index is 12.9. The van der Waals surface area contributed by atoms with Crippen LogP contribution in [0.25, 0.3) is 5.69 Å². The van der Waals surface area contributed by atoms with Crippen LogP contribution in [0.15, 0.2) is 73.1 Å². The van der Waals surface area contributed by atoms with E-state index in [0.29, 0.717) is 18.1 Å². The lowest BCUT2D eigenvalue weighted by molar-refractivity contribution is -0.117. The SMILES string of the molecule is Cc1ccc(Cn2cc(NC(=O)c3cc(NC(=O)C4CC4)n(-c4ccccc4)n3)cn2)cc1. The van der Waals surface area contributed by atoms with E-state index in [0.717, 1.165) is 24.1 Å². The second kappa shape index (κ2) is 8.74. The van der Waals surface area contributed by atoms with Crippen LogP contribution in [0, 0.1) is 12.8 Å². The van der Waals surface area contributed by atoms with Gasteiger partial charge in [0.2, 0.25) is 5.91 Å². The number of amides is 2. The van der Waals surface area contributed by atoms with Gasteiger partial charge in [0.05, 0.1) is 24.1 Å². The molecule has 0 aliphatic heterocycles. The van der Waals surface area contributed by atoms with Gasteiger partial charge in [-0.3, -0.25) is 14.3 Å². The topological polar surface area (TPSA) is 93.8 Å². The van der Waals surface area contributed by atoms with Crippen LogP contribution in [0.2, 0.25) is 0 Å². The standard InChI is InChI=1S/C25H24N6O2/c1-17-7-9-18(10-8-17)15-30-16-20(14-26-30)27-25(33)22-13-23(28-24(32)19-11-12-19)31(29-22)21-5-3-2-4-6-21/h2-10,13-14,16,19H,11-12,15H2,1H3,(H,27,33)(H,28,32). The monoisotopic (exact) mass is 440 g/mol. The molecule has 2 aromatic heterocycles. The smallest absolute Gasteiger partial charge is 0.276 e. The van der Waals surface area contributed by atoms with Crippen molar-refractivity contribution in [3.63, 3.8) is 0 Å². The predicted octanol–water partition coefficient (Wildman–Crippen LogP) is 4.03. The largest absolute Gasteiger partial charge is 0.318 e. The fourth-order valence-corrected chi connectivity index (χ4v) is 3.51. The number of para-hydroxylation sites is 1. The Labute approximate surface area is 191 Å². The van der Waals surface area contributed by atoms with Crippen molar-refractivity contribution in [3.05, 3.63) is 89.9 Å². The average molecular weight is 441 g/mol. The van der Waals surface area contributed by atoms with Gasteiger partial charge in [-0.15, -0.1) is 0 Å². The van der Waals surface area contributed by atoms with Crippen molar-refractivity contribution in [1.29, 1.82) is 0 Å². The van der Waals surface area contributed by atoms with Crippen LogP contribution in [-0.4, -0.2) is 31.4 Å². The van der Waals surface area contributed by atoms with Crippen molar-refractivity contribution in [3.8, 4) is 5.69 Å². The predicted molar refractivity (Wildman–Crippen MR) is 125 cm³/mol. The molecule has 0 spiro atoms. The maximum absolute atomic E-state index is 12.9. The molecule has 2 N–H and O–H groups in total. The normalized spacial score (nSPS) is 13.0. The Balaban J connectivity index is 1.33. The summed E-state index contributed by atoms with van der Waals surface area (Å²) in [6.07, 6.45) is 5.17. The van der Waals surface area contributed by atoms with Gasteiger partial charge in [0.15, 0.2) is 5.69 Å². The quantitative estimate of drug-likeness (QED) is 0.454. The van der Waals surface area contributed by atoms with Crippen LogP contribution in [0.1, 0.15) is 34.5 Å². The molecule has 8 nitrogen and oxygen atoms in total. The summed E-state index contributed by atoms with van der Waals surface area (Å²) in [6.45, 7) is 2.66. The number of anilines is 2. The molecule has 1 aliphatic rings. The first-order valence-electron chi connectivity index (χ1n) is 10.9. The highest BCUT2D eigenvalue weighted by Gasteiger charge is 2.30. The molecule has 0 radical (unpaired) electrons. The first-order valence-corrected chi connectivity index (χ1v) is 10.9. The van der Waals surface area contributed by atoms with Gasteiger partial charge in [-0.05, 0) is 37.5 Å². The highest BCUT2D eigenvalue weighted by molar-refractivity contribution is 6.04. The van der Waals surface area contributed by atoms with E-state index >= 15 is 0 Å². The summed E-state index contributed by atoms with van der Waals surface area (Å²) in [5.41, 5.74) is 3.86. The van der Waals surface area contributed by atoms with Crippen molar-refractivity contribution in [2.45, 2.75) is 26.3 Å². The molecule has 8 heteroatoms. The number of nitrogens with zero attached hydrogens (tertiary/aromatic N) is 4. The molecule has 5 rings (SSSR count). The van der Waals surface area contributed by atoms with Gasteiger partial charge in [0.1, 0.15) is 5.82 Å². The van der Waals surface area contributed by atoms with Crippen LogP contribution >= 0.6 is 0 Å². The summed E-state index contributed by atoms with van der Waals surface area (Å²) in [5.74, 6) is 0.0944. The molecule has 0 saturated heterocycles. The number of nitrogens with one attached hydrogen (secondary N) is 2. The van der Waals surface area contributed by atoms with Crippen LogP contribution in [0.4, 0.5) is 11.5 Å². The van der Waals surface area contributed by atoms with Crippen LogP contribution in [0.3, 0.4) is 0 Å². The minimum Gasteiger partial charge on any atom is -0.318 e. The Morgan fingerprint density at radius 3 is 2.52 bits per heavy atom. The molecule has 2 amide bonds. The number of carbonyl (C=O) groups excluding carboxylic acids is 2. The fourth-order valence-electron chi connectivity index (χ4n) is 3.51. The molecule has 2 aromatic carbocycles. The number of carbonyl (C=O) groups is 2. The summed E-state index contributed by atoms with van der Waals surface area (Å²) >= 11 is 0. The Hall–Kier alpha value is -4.20. The van der Waals surface area contributed by atoms with Gasteiger partial charge in [0.25, 0.3) is 5.91 Å². The molecule has 1 aliphatic carbocycles. The molecule has 4 aromatic rings. The van der Waals surface area contributed by atoms with E-state index in [2.05, 4.69) is 45.1 Å². The number of aryl methyl sites for hydroxylation is 1. The zero-order valence-electron chi connectivity index (χ0n) is 18.2. The van der Waals surface area contributed by atoms with Gasteiger partial charge >= 0.3 is 0 Å². The van der Waals surface area contributed by atoms with E-state index in [9.17, 15) is 9.59 Å². The van der Waals surface area contributed by atoms with Gasteiger partial charge < -0.3 is 10.6 Å². The summed E-state index contributed by atoms with van der Waals surface area (Å²) < 4.78 is 3.35. The van der Waals surface area contributed by atoms with Crippen LogP contribution < -0.4 is 10.6 Å². The Morgan fingerprint density at radius 1 is 1.03 bits per heavy atom. The van der Waals surface area contributed by atoms with E-state index in [4.69, 9.17) is 0 Å². The van der Waals surface area contributed by atoms with Crippen LogP contribution in [-0.2, 0) is 11.3 Å². The van der Waals surface area contributed by atoms with Crippen molar-refractivity contribution in [2.24, 2.45) is 5.92 Å². The Kier molecular flexibility index (Phi) is 5.48. The first-order chi connectivity index (χ1) is 16.0. The number of benzene rings is 2. The van der Waals surface area contributed by atoms with E-state index in [1.807, 2.05) is 37.3 Å². The summed E-state index contributed by atoms with van der Waals surface area (Å²) in [7, 11) is 0. The third-order valence-electron chi connectivity index (χ3n) is 5.50. The first kappa shape index (κ1) is 20.7. The lowest BCUT2D eigenvalue weighted by Crippen LogP contribution is -2.16. The molecule has 0 bridgehead atoms. The van der Waals surface area contributed by atoms with E-state index in [1.165, 1.54) is 5.56 Å². The molecule has 33 heavy (non-hydrogen) atoms. The lowest BCUT2D eigenvalue weighted by Gasteiger charge is -2.08. The summed E-state index contributed by atoms with van der Waals surface area (Å²) in [5, 5.41) is 14.5. The minimum atomic E-state index is -0.374. The second-order valence-electron chi connectivity index (χ2n) is 8.29. The van der Waals surface area contributed by atoms with E-state index < -0.39 is 0 Å². The van der Waals surface area contributed by atoms with Crippen molar-refractivity contribution in [2.75, 3.05) is 10.6 Å². The zero-order chi connectivity index (χ0) is 22.8. The highest BCUT2D eigenvalue weighted by Crippen LogP contribution is 2.30. The van der Waals surface area contributed by atoms with Gasteiger partial charge in [-0.1, -0.05) is 48.0 Å². The highest BCUT2D eigenvalue weighted by atomic mass is 16.2. The molecule has 1 saturated carbocycles. The van der Waals surface area contributed by atoms with Crippen molar-refractivity contribution < 1.29 is 9.59 Å². The molecule has 166 valence electrons. The van der Waals surface area contributed by atoms with Crippen molar-refractivity contribution >= 4 is 23.3 Å². The maximum Gasteiger partial charge on any atom is 0.276 e. The summed E-state index contributed by atoms with van der Waals surface area (Å²) in [4.78, 5) is 25.2.